The zero-order chi connectivity index (χ0) is 11.5. The minimum Gasteiger partial charge on any atom is -0.508 e. The molecule has 1 aliphatic rings. The molecule has 1 aliphatic heterocycles. The van der Waals surface area contributed by atoms with Gasteiger partial charge in [-0.3, -0.25) is 4.79 Å². The number of hydrogen-bond donors (Lipinski definition) is 2. The van der Waals surface area contributed by atoms with E-state index in [1.165, 1.54) is 18.2 Å². The van der Waals surface area contributed by atoms with Crippen molar-refractivity contribution in [1.29, 1.82) is 0 Å². The van der Waals surface area contributed by atoms with E-state index in [4.69, 9.17) is 5.11 Å². The van der Waals surface area contributed by atoms with E-state index >= 15 is 0 Å². The van der Waals surface area contributed by atoms with Crippen molar-refractivity contribution >= 4 is 5.91 Å². The number of hydrogen-bond acceptors (Lipinski definition) is 3. The number of phenolic OH excluding ortho intramolecular Hbond substituents is 2. The Labute approximate surface area is 94.1 Å². The number of carbonyl (C=O) groups excluding carboxylic acids is 1. The molecule has 0 saturated carbocycles. The van der Waals surface area contributed by atoms with E-state index in [9.17, 15) is 9.90 Å². The van der Waals surface area contributed by atoms with Crippen LogP contribution in [0.15, 0.2) is 18.2 Å². The zero-order valence-corrected chi connectivity index (χ0v) is 9.02. The lowest BCUT2D eigenvalue weighted by molar-refractivity contribution is 0.0721. The van der Waals surface area contributed by atoms with Crippen molar-refractivity contribution in [3.63, 3.8) is 0 Å². The number of piperidine rings is 1. The average molecular weight is 221 g/mol. The number of nitrogens with zero attached hydrogens (tertiary/aromatic N) is 1. The van der Waals surface area contributed by atoms with E-state index in [2.05, 4.69) is 0 Å². The normalized spacial score (nSPS) is 16.1. The van der Waals surface area contributed by atoms with Gasteiger partial charge >= 0.3 is 0 Å². The number of likely N-dealkylation sites (tertiary alicyclic amines) is 1. The molecule has 0 aliphatic carbocycles. The summed E-state index contributed by atoms with van der Waals surface area (Å²) in [5, 5.41) is 18.7. The van der Waals surface area contributed by atoms with Crippen molar-refractivity contribution < 1.29 is 15.0 Å². The lowest BCUT2D eigenvalue weighted by Crippen LogP contribution is -2.35. The highest BCUT2D eigenvalue weighted by Crippen LogP contribution is 2.24. The van der Waals surface area contributed by atoms with Crippen LogP contribution in [0.3, 0.4) is 0 Å². The van der Waals surface area contributed by atoms with E-state index in [-0.39, 0.29) is 23.0 Å². The van der Waals surface area contributed by atoms with Crippen LogP contribution in [0.4, 0.5) is 0 Å². The predicted molar refractivity (Wildman–Crippen MR) is 59.5 cm³/mol. The summed E-state index contributed by atoms with van der Waals surface area (Å²) in [7, 11) is 0. The molecule has 86 valence electrons. The summed E-state index contributed by atoms with van der Waals surface area (Å²) in [5.74, 6) is -0.347. The van der Waals surface area contributed by atoms with Crippen LogP contribution in [0.25, 0.3) is 0 Å². The fourth-order valence-electron chi connectivity index (χ4n) is 1.97. The highest BCUT2D eigenvalue weighted by Gasteiger charge is 2.20. The highest BCUT2D eigenvalue weighted by atomic mass is 16.3. The van der Waals surface area contributed by atoms with Gasteiger partial charge in [0.05, 0.1) is 5.56 Å². The third kappa shape index (κ3) is 2.10. The van der Waals surface area contributed by atoms with Gasteiger partial charge in [0.15, 0.2) is 0 Å². The molecule has 1 amide bonds. The van der Waals surface area contributed by atoms with Gasteiger partial charge in [-0.2, -0.15) is 0 Å². The standard InChI is InChI=1S/C12H15NO3/c14-9-4-5-10(11(15)8-9)12(16)13-6-2-1-3-7-13/h4-5,8,14-15H,1-3,6-7H2. The second-order valence-electron chi connectivity index (χ2n) is 4.05. The maximum atomic E-state index is 12.0. The molecule has 1 heterocycles. The first-order valence-corrected chi connectivity index (χ1v) is 5.50. The summed E-state index contributed by atoms with van der Waals surface area (Å²) in [6.45, 7) is 1.50. The van der Waals surface area contributed by atoms with Crippen LogP contribution < -0.4 is 0 Å². The van der Waals surface area contributed by atoms with Gasteiger partial charge in [-0.05, 0) is 31.4 Å². The first-order valence-electron chi connectivity index (χ1n) is 5.50. The van der Waals surface area contributed by atoms with Crippen molar-refractivity contribution in [2.24, 2.45) is 0 Å². The molecule has 1 aromatic carbocycles. The van der Waals surface area contributed by atoms with Gasteiger partial charge < -0.3 is 15.1 Å². The van der Waals surface area contributed by atoms with Crippen molar-refractivity contribution in [2.45, 2.75) is 19.3 Å². The van der Waals surface area contributed by atoms with Gasteiger partial charge in [0.2, 0.25) is 0 Å². The minimum atomic E-state index is -0.157. The average Bonchev–Trinajstić information content (AvgIpc) is 2.29. The molecule has 4 heteroatoms. The van der Waals surface area contributed by atoms with Gasteiger partial charge in [-0.15, -0.1) is 0 Å². The van der Waals surface area contributed by atoms with Crippen LogP contribution >= 0.6 is 0 Å². The molecular weight excluding hydrogens is 206 g/mol. The molecule has 0 unspecified atom stereocenters. The summed E-state index contributed by atoms with van der Waals surface area (Å²) in [4.78, 5) is 13.8. The molecule has 1 saturated heterocycles. The first kappa shape index (κ1) is 10.8. The van der Waals surface area contributed by atoms with Gasteiger partial charge in [-0.25, -0.2) is 0 Å². The zero-order valence-electron chi connectivity index (χ0n) is 9.02. The highest BCUT2D eigenvalue weighted by molar-refractivity contribution is 5.97. The molecule has 4 nitrogen and oxygen atoms in total. The number of carbonyl (C=O) groups is 1. The molecule has 0 aromatic heterocycles. The molecule has 0 bridgehead atoms. The summed E-state index contributed by atoms with van der Waals surface area (Å²) in [6.07, 6.45) is 3.19. The molecular formula is C12H15NO3. The third-order valence-corrected chi connectivity index (χ3v) is 2.85. The van der Waals surface area contributed by atoms with Crippen LogP contribution in [-0.4, -0.2) is 34.1 Å². The van der Waals surface area contributed by atoms with Gasteiger partial charge in [-0.1, -0.05) is 0 Å². The number of amides is 1. The maximum absolute atomic E-state index is 12.0. The van der Waals surface area contributed by atoms with Gasteiger partial charge in [0, 0.05) is 19.2 Å². The van der Waals surface area contributed by atoms with Crippen molar-refractivity contribution in [3.8, 4) is 11.5 Å². The van der Waals surface area contributed by atoms with E-state index < -0.39 is 0 Å². The minimum absolute atomic E-state index is 0.0345. The van der Waals surface area contributed by atoms with Crippen molar-refractivity contribution in [1.82, 2.24) is 4.90 Å². The van der Waals surface area contributed by atoms with Gasteiger partial charge in [0.1, 0.15) is 11.5 Å². The topological polar surface area (TPSA) is 60.8 Å². The van der Waals surface area contributed by atoms with E-state index in [0.29, 0.717) is 0 Å². The lowest BCUT2D eigenvalue weighted by atomic mass is 10.1. The first-order chi connectivity index (χ1) is 7.68. The second-order valence-corrected chi connectivity index (χ2v) is 4.05. The van der Waals surface area contributed by atoms with Crippen molar-refractivity contribution in [2.75, 3.05) is 13.1 Å². The van der Waals surface area contributed by atoms with Crippen LogP contribution in [0.5, 0.6) is 11.5 Å². The number of benzene rings is 1. The second kappa shape index (κ2) is 4.43. The molecule has 1 fully saturated rings. The Morgan fingerprint density at radius 3 is 2.44 bits per heavy atom. The Bertz CT molecular complexity index is 397. The van der Waals surface area contributed by atoms with E-state index in [1.54, 1.807) is 4.90 Å². The summed E-state index contributed by atoms with van der Waals surface area (Å²) in [6, 6.07) is 4.07. The molecule has 0 radical (unpaired) electrons. The van der Waals surface area contributed by atoms with Crippen LogP contribution in [-0.2, 0) is 0 Å². The molecule has 1 aromatic rings. The Morgan fingerprint density at radius 2 is 1.81 bits per heavy atom. The molecule has 2 rings (SSSR count). The SMILES string of the molecule is O=C(c1ccc(O)cc1O)N1CCCCC1. The summed E-state index contributed by atoms with van der Waals surface area (Å²) in [5.41, 5.74) is 0.264. The number of aromatic hydroxyl groups is 2. The monoisotopic (exact) mass is 221 g/mol. The Morgan fingerprint density at radius 1 is 1.12 bits per heavy atom. The lowest BCUT2D eigenvalue weighted by Gasteiger charge is -2.26. The largest absolute Gasteiger partial charge is 0.508 e. The summed E-state index contributed by atoms with van der Waals surface area (Å²) < 4.78 is 0. The van der Waals surface area contributed by atoms with Crippen molar-refractivity contribution in [3.05, 3.63) is 23.8 Å². The van der Waals surface area contributed by atoms with E-state index in [0.717, 1.165) is 32.4 Å². The Hall–Kier alpha value is -1.71. The smallest absolute Gasteiger partial charge is 0.257 e. The fourth-order valence-corrected chi connectivity index (χ4v) is 1.97. The van der Waals surface area contributed by atoms with Gasteiger partial charge in [0.25, 0.3) is 5.91 Å². The van der Waals surface area contributed by atoms with E-state index in [1.807, 2.05) is 0 Å². The quantitative estimate of drug-likeness (QED) is 0.759. The van der Waals surface area contributed by atoms with Crippen LogP contribution in [0.1, 0.15) is 29.6 Å². The number of rotatable bonds is 1. The third-order valence-electron chi connectivity index (χ3n) is 2.85. The number of phenols is 2. The Balaban J connectivity index is 2.19. The molecule has 0 spiro atoms. The molecule has 0 atom stereocenters. The Kier molecular flexibility index (Phi) is 2.99. The molecule has 2 N–H and O–H groups in total. The predicted octanol–water partition coefficient (Wildman–Crippen LogP) is 1.72. The summed E-state index contributed by atoms with van der Waals surface area (Å²) >= 11 is 0. The molecule has 16 heavy (non-hydrogen) atoms. The maximum Gasteiger partial charge on any atom is 0.257 e. The van der Waals surface area contributed by atoms with Crippen LogP contribution in [0.2, 0.25) is 0 Å². The fraction of sp³-hybridized carbons (Fsp3) is 0.417. The van der Waals surface area contributed by atoms with Crippen LogP contribution in [0, 0.1) is 0 Å².